The maximum Gasteiger partial charge on any atom is 0.449 e. The van der Waals surface area contributed by atoms with Gasteiger partial charge in [-0.2, -0.15) is 13.2 Å². The Labute approximate surface area is 124 Å². The van der Waals surface area contributed by atoms with Crippen molar-refractivity contribution in [2.24, 2.45) is 0 Å². The molecule has 1 aromatic carbocycles. The number of rotatable bonds is 2. The molecule has 0 spiro atoms. The van der Waals surface area contributed by atoms with Crippen molar-refractivity contribution in [1.82, 2.24) is 0 Å². The van der Waals surface area contributed by atoms with E-state index in [0.29, 0.717) is 11.8 Å². The smallest absolute Gasteiger partial charge is 0.449 e. The van der Waals surface area contributed by atoms with Crippen LogP contribution in [0.5, 0.6) is 0 Å². The highest BCUT2D eigenvalue weighted by Gasteiger charge is 2.40. The van der Waals surface area contributed by atoms with Gasteiger partial charge in [-0.25, -0.2) is 0 Å². The third-order valence-corrected chi connectivity index (χ3v) is 5.16. The van der Waals surface area contributed by atoms with Crippen LogP contribution in [0, 0.1) is 0 Å². The Morgan fingerprint density at radius 2 is 1.71 bits per heavy atom. The summed E-state index contributed by atoms with van der Waals surface area (Å²) in [6.07, 6.45) is -0.891. The molecule has 2 rings (SSSR count). The standard InChI is InChI=1S/C16H19F3OSi/c1-21(2,3)15-10-9-13(12-7-5-4-6-8-12)11-14(20-15)16(17,18)19/h4-8,10-11,13H,9H2,1-3H3. The molecule has 1 nitrogen and oxygen atoms in total. The summed E-state index contributed by atoms with van der Waals surface area (Å²) in [5.41, 5.74) is 0.871. The maximum atomic E-state index is 13.2. The molecule has 1 aliphatic heterocycles. The molecule has 0 aromatic heterocycles. The first-order valence-corrected chi connectivity index (χ1v) is 10.4. The highest BCUT2D eigenvalue weighted by Crippen LogP contribution is 2.37. The summed E-state index contributed by atoms with van der Waals surface area (Å²) in [6.45, 7) is 5.95. The molecule has 1 aliphatic rings. The van der Waals surface area contributed by atoms with Gasteiger partial charge in [-0.15, -0.1) is 0 Å². The molecule has 1 unspecified atom stereocenters. The summed E-state index contributed by atoms with van der Waals surface area (Å²) >= 11 is 0. The lowest BCUT2D eigenvalue weighted by atomic mass is 9.95. The fourth-order valence-electron chi connectivity index (χ4n) is 2.22. The van der Waals surface area contributed by atoms with E-state index in [1.54, 1.807) is 0 Å². The molecule has 1 atom stereocenters. The minimum absolute atomic E-state index is 0.309. The lowest BCUT2D eigenvalue weighted by molar-refractivity contribution is -0.123. The summed E-state index contributed by atoms with van der Waals surface area (Å²) in [5, 5.41) is 0.504. The largest absolute Gasteiger partial charge is 0.462 e. The normalized spacial score (nSPS) is 20.2. The van der Waals surface area contributed by atoms with Gasteiger partial charge in [0.05, 0.1) is 5.38 Å². The number of hydrogen-bond donors (Lipinski definition) is 0. The van der Waals surface area contributed by atoms with E-state index in [1.807, 2.05) is 56.0 Å². The van der Waals surface area contributed by atoms with Crippen LogP contribution < -0.4 is 0 Å². The van der Waals surface area contributed by atoms with E-state index in [-0.39, 0.29) is 5.92 Å². The molecule has 0 radical (unpaired) electrons. The van der Waals surface area contributed by atoms with Gasteiger partial charge in [0.2, 0.25) is 5.76 Å². The lowest BCUT2D eigenvalue weighted by Crippen LogP contribution is -2.27. The van der Waals surface area contributed by atoms with Crippen molar-refractivity contribution in [2.75, 3.05) is 0 Å². The van der Waals surface area contributed by atoms with E-state index in [4.69, 9.17) is 4.74 Å². The highest BCUT2D eigenvalue weighted by atomic mass is 28.3. The van der Waals surface area contributed by atoms with Crippen LogP contribution in [0.2, 0.25) is 19.6 Å². The molecule has 114 valence electrons. The molecule has 0 bridgehead atoms. The van der Waals surface area contributed by atoms with E-state index in [0.717, 1.165) is 5.56 Å². The SMILES string of the molecule is C[Si](C)(C)C1=CCC(c2ccccc2)C=C(C(F)(F)F)O1. The second-order valence-electron chi connectivity index (χ2n) is 6.20. The van der Waals surface area contributed by atoms with Gasteiger partial charge in [0.1, 0.15) is 8.07 Å². The van der Waals surface area contributed by atoms with Crippen LogP contribution in [-0.2, 0) is 4.74 Å². The van der Waals surface area contributed by atoms with Gasteiger partial charge >= 0.3 is 6.18 Å². The van der Waals surface area contributed by atoms with Crippen molar-refractivity contribution in [3.63, 3.8) is 0 Å². The minimum Gasteiger partial charge on any atom is -0.462 e. The molecule has 1 heterocycles. The van der Waals surface area contributed by atoms with E-state index >= 15 is 0 Å². The van der Waals surface area contributed by atoms with Gasteiger partial charge in [0.15, 0.2) is 0 Å². The molecule has 0 amide bonds. The summed E-state index contributed by atoms with van der Waals surface area (Å²) in [7, 11) is -1.94. The Hall–Kier alpha value is -1.49. The zero-order chi connectivity index (χ0) is 15.7. The molecule has 0 aliphatic carbocycles. The fraction of sp³-hybridized carbons (Fsp3) is 0.375. The van der Waals surface area contributed by atoms with Crippen LogP contribution >= 0.6 is 0 Å². The van der Waals surface area contributed by atoms with Gasteiger partial charge in [0.25, 0.3) is 0 Å². The monoisotopic (exact) mass is 312 g/mol. The van der Waals surface area contributed by atoms with Crippen molar-refractivity contribution < 1.29 is 17.9 Å². The second-order valence-corrected chi connectivity index (χ2v) is 11.2. The number of benzene rings is 1. The van der Waals surface area contributed by atoms with Crippen LogP contribution in [0.4, 0.5) is 13.2 Å². The molecule has 21 heavy (non-hydrogen) atoms. The molecule has 0 saturated heterocycles. The van der Waals surface area contributed by atoms with Crippen LogP contribution in [-0.4, -0.2) is 14.3 Å². The number of alkyl halides is 3. The van der Waals surface area contributed by atoms with Crippen LogP contribution in [0.15, 0.2) is 53.6 Å². The maximum absolute atomic E-state index is 13.2. The number of ether oxygens (including phenoxy) is 1. The van der Waals surface area contributed by atoms with Gasteiger partial charge < -0.3 is 4.74 Å². The average Bonchev–Trinajstić information content (AvgIpc) is 2.61. The van der Waals surface area contributed by atoms with Crippen molar-refractivity contribution in [3.8, 4) is 0 Å². The Morgan fingerprint density at radius 3 is 2.24 bits per heavy atom. The van der Waals surface area contributed by atoms with E-state index < -0.39 is 20.0 Å². The Kier molecular flexibility index (Phi) is 4.32. The molecule has 1 aromatic rings. The topological polar surface area (TPSA) is 9.23 Å². The average molecular weight is 312 g/mol. The van der Waals surface area contributed by atoms with Gasteiger partial charge in [0, 0.05) is 5.92 Å². The fourth-order valence-corrected chi connectivity index (χ4v) is 3.37. The third-order valence-electron chi connectivity index (χ3n) is 3.38. The van der Waals surface area contributed by atoms with Crippen LogP contribution in [0.1, 0.15) is 17.9 Å². The minimum atomic E-state index is -4.46. The zero-order valence-electron chi connectivity index (χ0n) is 12.4. The molecule has 0 fully saturated rings. The van der Waals surface area contributed by atoms with E-state index in [9.17, 15) is 13.2 Å². The molecule has 0 N–H and O–H groups in total. The predicted octanol–water partition coefficient (Wildman–Crippen LogP) is 5.40. The van der Waals surface area contributed by atoms with Gasteiger partial charge in [-0.1, -0.05) is 56.0 Å². The molecule has 5 heteroatoms. The number of hydrogen-bond acceptors (Lipinski definition) is 1. The van der Waals surface area contributed by atoms with E-state index in [2.05, 4.69) is 0 Å². The Morgan fingerprint density at radius 1 is 1.10 bits per heavy atom. The first kappa shape index (κ1) is 15.9. The van der Waals surface area contributed by atoms with Crippen molar-refractivity contribution in [2.45, 2.75) is 38.2 Å². The van der Waals surface area contributed by atoms with E-state index in [1.165, 1.54) is 6.08 Å². The molecular weight excluding hydrogens is 293 g/mol. The summed E-state index contributed by atoms with van der Waals surface area (Å²) in [4.78, 5) is 0. The summed E-state index contributed by atoms with van der Waals surface area (Å²) in [5.74, 6) is -1.20. The van der Waals surface area contributed by atoms with Crippen LogP contribution in [0.25, 0.3) is 0 Å². The molecule has 0 saturated carbocycles. The number of halogens is 3. The van der Waals surface area contributed by atoms with Crippen LogP contribution in [0.3, 0.4) is 0 Å². The quantitative estimate of drug-likeness (QED) is 0.665. The zero-order valence-corrected chi connectivity index (χ0v) is 13.4. The van der Waals surface area contributed by atoms with Gasteiger partial charge in [-0.3, -0.25) is 0 Å². The first-order chi connectivity index (χ1) is 9.68. The van der Waals surface area contributed by atoms with Crippen molar-refractivity contribution in [1.29, 1.82) is 0 Å². The third kappa shape index (κ3) is 4.00. The predicted molar refractivity (Wildman–Crippen MR) is 80.5 cm³/mol. The van der Waals surface area contributed by atoms with Gasteiger partial charge in [-0.05, 0) is 18.1 Å². The van der Waals surface area contributed by atoms with Crippen molar-refractivity contribution in [3.05, 3.63) is 59.2 Å². The second kappa shape index (κ2) is 5.71. The Bertz CT molecular complexity index is 553. The summed E-state index contributed by atoms with van der Waals surface area (Å²) in [6, 6.07) is 9.23. The summed E-state index contributed by atoms with van der Waals surface area (Å²) < 4.78 is 44.8. The lowest BCUT2D eigenvalue weighted by Gasteiger charge is -2.22. The van der Waals surface area contributed by atoms with Crippen molar-refractivity contribution >= 4 is 8.07 Å². The molecular formula is C16H19F3OSi. The highest BCUT2D eigenvalue weighted by molar-refractivity contribution is 6.82. The Balaban J connectivity index is 2.42. The number of allylic oxidation sites excluding steroid dienone is 3. The first-order valence-electron chi connectivity index (χ1n) is 6.90.